The highest BCUT2D eigenvalue weighted by molar-refractivity contribution is 6.10. The van der Waals surface area contributed by atoms with E-state index >= 15 is 0 Å². The molecule has 31 heavy (non-hydrogen) atoms. The lowest BCUT2D eigenvalue weighted by atomic mass is 9.75. The van der Waals surface area contributed by atoms with Crippen molar-refractivity contribution >= 4 is 23.0 Å². The van der Waals surface area contributed by atoms with E-state index in [0.717, 1.165) is 46.8 Å². The fourth-order valence-electron chi connectivity index (χ4n) is 4.23. The Labute approximate surface area is 183 Å². The number of hydrazone groups is 1. The molecule has 1 amide bonds. The van der Waals surface area contributed by atoms with Crippen LogP contribution in [0.3, 0.4) is 0 Å². The van der Waals surface area contributed by atoms with Crippen LogP contribution in [0.2, 0.25) is 0 Å². The average molecular weight is 416 g/mol. The van der Waals surface area contributed by atoms with Crippen LogP contribution in [-0.2, 0) is 6.42 Å². The highest BCUT2D eigenvalue weighted by Crippen LogP contribution is 2.39. The summed E-state index contributed by atoms with van der Waals surface area (Å²) >= 11 is 0. The molecule has 5 nitrogen and oxygen atoms in total. The number of rotatable bonds is 5. The highest BCUT2D eigenvalue weighted by Gasteiger charge is 2.37. The van der Waals surface area contributed by atoms with E-state index in [-0.39, 0.29) is 11.3 Å². The number of amides is 1. The first-order valence-electron chi connectivity index (χ1n) is 10.8. The zero-order valence-corrected chi connectivity index (χ0v) is 18.6. The first-order valence-corrected chi connectivity index (χ1v) is 10.8. The van der Waals surface area contributed by atoms with E-state index in [0.29, 0.717) is 12.3 Å². The number of furan rings is 1. The molecule has 0 aliphatic heterocycles. The molecule has 1 N–H and O–H groups in total. The zero-order chi connectivity index (χ0) is 22.0. The lowest BCUT2D eigenvalue weighted by Gasteiger charge is -2.29. The molecular weight excluding hydrogens is 386 g/mol. The molecule has 1 aliphatic carbocycles. The lowest BCUT2D eigenvalue weighted by molar-refractivity contribution is 0.0958. The summed E-state index contributed by atoms with van der Waals surface area (Å²) in [4.78, 5) is 15.2. The van der Waals surface area contributed by atoms with Gasteiger partial charge in [0.25, 0.3) is 5.91 Å². The van der Waals surface area contributed by atoms with Crippen LogP contribution in [0.4, 0.5) is 11.4 Å². The van der Waals surface area contributed by atoms with Crippen molar-refractivity contribution < 1.29 is 9.21 Å². The van der Waals surface area contributed by atoms with Gasteiger partial charge in [0, 0.05) is 29.8 Å². The van der Waals surface area contributed by atoms with Crippen molar-refractivity contribution in [2.75, 3.05) is 16.9 Å². The van der Waals surface area contributed by atoms with Crippen molar-refractivity contribution in [1.29, 1.82) is 0 Å². The monoisotopic (exact) mass is 415 g/mol. The Bertz CT molecular complexity index is 1100. The molecule has 0 saturated heterocycles. The number of anilines is 2. The van der Waals surface area contributed by atoms with Crippen LogP contribution in [-0.4, -0.2) is 18.2 Å². The summed E-state index contributed by atoms with van der Waals surface area (Å²) in [5.41, 5.74) is 7.72. The second kappa shape index (κ2) is 8.42. The van der Waals surface area contributed by atoms with Gasteiger partial charge in [0.15, 0.2) is 5.76 Å². The standard InChI is InChI=1S/C26H29N3O2/c1-5-29(20-14-10-7-11-15-20)25(30)24-18(2)23-21(16-26(3,4)17-22(23)31-24)28-27-19-12-8-6-9-13-19/h6-15,27H,5,16-17H2,1-4H3/b28-21-. The topological polar surface area (TPSA) is 57.8 Å². The minimum absolute atomic E-state index is 0.00130. The van der Waals surface area contributed by atoms with Crippen molar-refractivity contribution in [3.05, 3.63) is 83.3 Å². The molecule has 0 saturated carbocycles. The van der Waals surface area contributed by atoms with Crippen LogP contribution in [0.15, 0.2) is 70.2 Å². The maximum Gasteiger partial charge on any atom is 0.294 e. The molecule has 1 aromatic heterocycles. The molecule has 160 valence electrons. The second-order valence-corrected chi connectivity index (χ2v) is 8.79. The SMILES string of the molecule is CCN(C(=O)c1oc2c(c1C)/C(=N\Nc1ccccc1)CC(C)(C)C2)c1ccccc1. The maximum absolute atomic E-state index is 13.4. The zero-order valence-electron chi connectivity index (χ0n) is 18.6. The third kappa shape index (κ3) is 4.26. The summed E-state index contributed by atoms with van der Waals surface area (Å²) in [5, 5.41) is 4.73. The van der Waals surface area contributed by atoms with Crippen LogP contribution in [0.25, 0.3) is 0 Å². The van der Waals surface area contributed by atoms with Crippen LogP contribution in [0, 0.1) is 12.3 Å². The van der Waals surface area contributed by atoms with E-state index in [2.05, 4.69) is 19.3 Å². The van der Waals surface area contributed by atoms with Gasteiger partial charge >= 0.3 is 0 Å². The summed E-state index contributed by atoms with van der Waals surface area (Å²) in [6.07, 6.45) is 1.59. The van der Waals surface area contributed by atoms with Gasteiger partial charge in [-0.25, -0.2) is 0 Å². The average Bonchev–Trinajstić information content (AvgIpc) is 3.09. The Morgan fingerprint density at radius 3 is 2.35 bits per heavy atom. The van der Waals surface area contributed by atoms with E-state index in [1.54, 1.807) is 4.90 Å². The van der Waals surface area contributed by atoms with Crippen molar-refractivity contribution in [3.63, 3.8) is 0 Å². The number of hydrogen-bond donors (Lipinski definition) is 1. The van der Waals surface area contributed by atoms with Gasteiger partial charge in [0.05, 0.1) is 11.4 Å². The highest BCUT2D eigenvalue weighted by atomic mass is 16.4. The fourth-order valence-corrected chi connectivity index (χ4v) is 4.23. The number of nitrogens with one attached hydrogen (secondary N) is 1. The lowest BCUT2D eigenvalue weighted by Crippen LogP contribution is -2.30. The molecule has 5 heteroatoms. The van der Waals surface area contributed by atoms with Gasteiger partial charge in [-0.05, 0) is 49.9 Å². The predicted octanol–water partition coefficient (Wildman–Crippen LogP) is 6.04. The van der Waals surface area contributed by atoms with Crippen LogP contribution in [0.1, 0.15) is 54.6 Å². The van der Waals surface area contributed by atoms with Crippen molar-refractivity contribution in [1.82, 2.24) is 0 Å². The van der Waals surface area contributed by atoms with Crippen LogP contribution < -0.4 is 10.3 Å². The van der Waals surface area contributed by atoms with E-state index in [1.165, 1.54) is 0 Å². The molecule has 0 atom stereocenters. The smallest absolute Gasteiger partial charge is 0.294 e. The molecule has 2 aromatic carbocycles. The summed E-state index contributed by atoms with van der Waals surface area (Å²) in [6, 6.07) is 19.6. The number of carbonyl (C=O) groups excluding carboxylic acids is 1. The van der Waals surface area contributed by atoms with Gasteiger partial charge in [-0.15, -0.1) is 0 Å². The first-order chi connectivity index (χ1) is 14.9. The van der Waals surface area contributed by atoms with Gasteiger partial charge in [0.1, 0.15) is 5.76 Å². The molecule has 4 rings (SSSR count). The molecule has 0 radical (unpaired) electrons. The number of fused-ring (bicyclic) bond motifs is 1. The summed E-state index contributed by atoms with van der Waals surface area (Å²) in [5.74, 6) is 1.13. The summed E-state index contributed by atoms with van der Waals surface area (Å²) in [7, 11) is 0. The van der Waals surface area contributed by atoms with Crippen molar-refractivity contribution in [3.8, 4) is 0 Å². The number of benzene rings is 2. The summed E-state index contributed by atoms with van der Waals surface area (Å²) < 4.78 is 6.22. The molecule has 0 unspecified atom stereocenters. The van der Waals surface area contributed by atoms with Crippen LogP contribution >= 0.6 is 0 Å². The van der Waals surface area contributed by atoms with E-state index < -0.39 is 0 Å². The minimum atomic E-state index is -0.117. The summed E-state index contributed by atoms with van der Waals surface area (Å²) in [6.45, 7) is 8.91. The third-order valence-corrected chi connectivity index (χ3v) is 5.71. The van der Waals surface area contributed by atoms with Gasteiger partial charge < -0.3 is 9.32 Å². The third-order valence-electron chi connectivity index (χ3n) is 5.71. The van der Waals surface area contributed by atoms with E-state index in [4.69, 9.17) is 9.52 Å². The normalized spacial score (nSPS) is 16.1. The van der Waals surface area contributed by atoms with Gasteiger partial charge in [-0.3, -0.25) is 10.2 Å². The van der Waals surface area contributed by atoms with Gasteiger partial charge in [-0.1, -0.05) is 50.2 Å². The van der Waals surface area contributed by atoms with E-state index in [9.17, 15) is 4.79 Å². The fraction of sp³-hybridized carbons (Fsp3) is 0.308. The molecule has 1 aliphatic rings. The molecule has 0 spiro atoms. The quantitative estimate of drug-likeness (QED) is 0.517. The Balaban J connectivity index is 1.72. The molecule has 0 bridgehead atoms. The first kappa shape index (κ1) is 20.9. The minimum Gasteiger partial charge on any atom is -0.455 e. The maximum atomic E-state index is 13.4. The van der Waals surface area contributed by atoms with Crippen molar-refractivity contribution in [2.24, 2.45) is 10.5 Å². The second-order valence-electron chi connectivity index (χ2n) is 8.79. The largest absolute Gasteiger partial charge is 0.455 e. The Hall–Kier alpha value is -3.34. The Morgan fingerprint density at radius 2 is 1.71 bits per heavy atom. The molecule has 3 aromatic rings. The number of carbonyl (C=O) groups is 1. The Morgan fingerprint density at radius 1 is 1.06 bits per heavy atom. The molecule has 0 fully saturated rings. The number of nitrogens with zero attached hydrogens (tertiary/aromatic N) is 2. The number of para-hydroxylation sites is 2. The number of hydrogen-bond acceptors (Lipinski definition) is 4. The van der Waals surface area contributed by atoms with Crippen molar-refractivity contribution in [2.45, 2.75) is 40.5 Å². The molecule has 1 heterocycles. The van der Waals surface area contributed by atoms with E-state index in [1.807, 2.05) is 74.5 Å². The molecular formula is C26H29N3O2. The van der Waals surface area contributed by atoms with Crippen LogP contribution in [0.5, 0.6) is 0 Å². The van der Waals surface area contributed by atoms with Gasteiger partial charge in [-0.2, -0.15) is 5.10 Å². The Kier molecular flexibility index (Phi) is 5.68. The van der Waals surface area contributed by atoms with Gasteiger partial charge in [0.2, 0.25) is 0 Å². The predicted molar refractivity (Wildman–Crippen MR) is 126 cm³/mol.